The summed E-state index contributed by atoms with van der Waals surface area (Å²) in [6.45, 7) is 7.79. The highest BCUT2D eigenvalue weighted by molar-refractivity contribution is 5.76. The van der Waals surface area contributed by atoms with Gasteiger partial charge in [-0.2, -0.15) is 5.10 Å². The molecule has 5 nitrogen and oxygen atoms in total. The molecular formula is C24H28N2O3. The number of hydrogen-bond acceptors (Lipinski definition) is 3. The average Bonchev–Trinajstić information content (AvgIpc) is 3.10. The van der Waals surface area contributed by atoms with Crippen LogP contribution < -0.4 is 4.74 Å². The molecule has 0 bridgehead atoms. The summed E-state index contributed by atoms with van der Waals surface area (Å²) in [6, 6.07) is 17.8. The summed E-state index contributed by atoms with van der Waals surface area (Å²) in [5.74, 6) is 0.322. The highest BCUT2D eigenvalue weighted by Crippen LogP contribution is 2.34. The first-order chi connectivity index (χ1) is 14.0. The van der Waals surface area contributed by atoms with Gasteiger partial charge in [0.2, 0.25) is 0 Å². The third-order valence-electron chi connectivity index (χ3n) is 4.52. The lowest BCUT2D eigenvalue weighted by Gasteiger charge is -2.11. The topological polar surface area (TPSA) is 64.3 Å². The Balaban J connectivity index is 2.10. The van der Waals surface area contributed by atoms with Crippen molar-refractivity contribution in [1.82, 2.24) is 9.78 Å². The van der Waals surface area contributed by atoms with E-state index in [-0.39, 0.29) is 6.42 Å². The molecule has 0 spiro atoms. The zero-order valence-electron chi connectivity index (χ0n) is 17.3. The van der Waals surface area contributed by atoms with Gasteiger partial charge in [-0.3, -0.25) is 9.48 Å². The van der Waals surface area contributed by atoms with Gasteiger partial charge in [0.25, 0.3) is 0 Å². The van der Waals surface area contributed by atoms with Crippen molar-refractivity contribution in [1.29, 1.82) is 0 Å². The van der Waals surface area contributed by atoms with Crippen LogP contribution in [0.3, 0.4) is 0 Å². The summed E-state index contributed by atoms with van der Waals surface area (Å²) in [5.41, 5.74) is 4.50. The molecule has 3 aromatic rings. The van der Waals surface area contributed by atoms with Gasteiger partial charge in [0.05, 0.1) is 24.4 Å². The molecule has 1 heterocycles. The molecule has 3 rings (SSSR count). The second-order valence-electron chi connectivity index (χ2n) is 7.61. The van der Waals surface area contributed by atoms with Crippen molar-refractivity contribution < 1.29 is 14.6 Å². The first kappa shape index (κ1) is 20.6. The van der Waals surface area contributed by atoms with E-state index in [0.717, 1.165) is 46.8 Å². The Hall–Kier alpha value is -3.08. The molecule has 0 atom stereocenters. The van der Waals surface area contributed by atoms with E-state index in [1.807, 2.05) is 41.1 Å². The van der Waals surface area contributed by atoms with Gasteiger partial charge >= 0.3 is 5.97 Å². The van der Waals surface area contributed by atoms with Crippen molar-refractivity contribution in [2.75, 3.05) is 6.61 Å². The first-order valence-corrected chi connectivity index (χ1v) is 10.1. The maximum atomic E-state index is 11.2. The Morgan fingerprint density at radius 1 is 1.14 bits per heavy atom. The van der Waals surface area contributed by atoms with Gasteiger partial charge in [-0.15, -0.1) is 0 Å². The summed E-state index contributed by atoms with van der Waals surface area (Å²) >= 11 is 0. The Labute approximate surface area is 172 Å². The van der Waals surface area contributed by atoms with Crippen LogP contribution in [0, 0.1) is 5.92 Å². The minimum atomic E-state index is -0.853. The van der Waals surface area contributed by atoms with Gasteiger partial charge in [-0.1, -0.05) is 57.2 Å². The van der Waals surface area contributed by atoms with E-state index < -0.39 is 5.97 Å². The quantitative estimate of drug-likeness (QED) is 0.537. The molecule has 2 aromatic carbocycles. The van der Waals surface area contributed by atoms with Crippen molar-refractivity contribution >= 4 is 5.97 Å². The summed E-state index contributed by atoms with van der Waals surface area (Å²) in [4.78, 5) is 11.2. The SMILES string of the molecule is CCCOc1ccc(CC(=O)O)cc1-c1cc(-c2ccccc2)n(CC(C)C)n1. The summed E-state index contributed by atoms with van der Waals surface area (Å²) in [7, 11) is 0. The number of carboxylic acids is 1. The maximum absolute atomic E-state index is 11.2. The van der Waals surface area contributed by atoms with Crippen molar-refractivity contribution in [3.8, 4) is 28.3 Å². The largest absolute Gasteiger partial charge is 0.493 e. The predicted octanol–water partition coefficient (Wildman–Crippen LogP) is 5.29. The Morgan fingerprint density at radius 2 is 1.90 bits per heavy atom. The number of aliphatic carboxylic acids is 1. The third kappa shape index (κ3) is 5.25. The fourth-order valence-electron chi connectivity index (χ4n) is 3.27. The van der Waals surface area contributed by atoms with E-state index in [2.05, 4.69) is 39.0 Å². The smallest absolute Gasteiger partial charge is 0.307 e. The number of carbonyl (C=O) groups is 1. The molecule has 5 heteroatoms. The Bertz CT molecular complexity index is 962. The normalized spacial score (nSPS) is 11.0. The van der Waals surface area contributed by atoms with Crippen LogP contribution in [0.1, 0.15) is 32.8 Å². The Morgan fingerprint density at radius 3 is 2.55 bits per heavy atom. The van der Waals surface area contributed by atoms with Crippen LogP contribution in [0.5, 0.6) is 5.75 Å². The monoisotopic (exact) mass is 392 g/mol. The lowest BCUT2D eigenvalue weighted by atomic mass is 10.0. The molecule has 0 radical (unpaired) electrons. The van der Waals surface area contributed by atoms with Gasteiger partial charge in [-0.25, -0.2) is 0 Å². The molecular weight excluding hydrogens is 364 g/mol. The van der Waals surface area contributed by atoms with Gasteiger partial charge in [0.15, 0.2) is 0 Å². The third-order valence-corrected chi connectivity index (χ3v) is 4.52. The number of hydrogen-bond donors (Lipinski definition) is 1. The molecule has 0 amide bonds. The van der Waals surface area contributed by atoms with E-state index in [1.165, 1.54) is 0 Å². The molecule has 0 unspecified atom stereocenters. The van der Waals surface area contributed by atoms with Gasteiger partial charge in [0, 0.05) is 12.1 Å². The molecule has 0 aliphatic heterocycles. The fourth-order valence-corrected chi connectivity index (χ4v) is 3.27. The van der Waals surface area contributed by atoms with Crippen LogP contribution in [0.4, 0.5) is 0 Å². The molecule has 152 valence electrons. The zero-order chi connectivity index (χ0) is 20.8. The van der Waals surface area contributed by atoms with Gasteiger partial charge < -0.3 is 9.84 Å². The van der Waals surface area contributed by atoms with E-state index >= 15 is 0 Å². The second-order valence-corrected chi connectivity index (χ2v) is 7.61. The van der Waals surface area contributed by atoms with E-state index in [1.54, 1.807) is 0 Å². The van der Waals surface area contributed by atoms with Crippen LogP contribution in [-0.4, -0.2) is 27.5 Å². The fraction of sp³-hybridized carbons (Fsp3) is 0.333. The van der Waals surface area contributed by atoms with Crippen LogP contribution in [0.25, 0.3) is 22.5 Å². The number of rotatable bonds is 9. The van der Waals surface area contributed by atoms with Crippen LogP contribution in [0.15, 0.2) is 54.6 Å². The lowest BCUT2D eigenvalue weighted by Crippen LogP contribution is -2.08. The number of ether oxygens (including phenoxy) is 1. The highest BCUT2D eigenvalue weighted by Gasteiger charge is 2.17. The average molecular weight is 392 g/mol. The summed E-state index contributed by atoms with van der Waals surface area (Å²) in [5, 5.41) is 14.1. The number of aromatic nitrogens is 2. The lowest BCUT2D eigenvalue weighted by molar-refractivity contribution is -0.136. The molecule has 0 aliphatic carbocycles. The number of carboxylic acid groups (broad SMARTS) is 1. The predicted molar refractivity (Wildman–Crippen MR) is 115 cm³/mol. The van der Waals surface area contributed by atoms with Crippen LogP contribution in [-0.2, 0) is 17.8 Å². The second kappa shape index (κ2) is 9.41. The number of benzene rings is 2. The molecule has 1 N–H and O–H groups in total. The molecule has 29 heavy (non-hydrogen) atoms. The first-order valence-electron chi connectivity index (χ1n) is 10.1. The van der Waals surface area contributed by atoms with Crippen molar-refractivity contribution in [2.45, 2.75) is 40.2 Å². The van der Waals surface area contributed by atoms with Crippen LogP contribution >= 0.6 is 0 Å². The van der Waals surface area contributed by atoms with E-state index in [4.69, 9.17) is 9.84 Å². The van der Waals surface area contributed by atoms with E-state index in [9.17, 15) is 9.90 Å². The molecule has 0 aliphatic rings. The van der Waals surface area contributed by atoms with Gasteiger partial charge in [0.1, 0.15) is 5.75 Å². The molecule has 0 saturated heterocycles. The standard InChI is InChI=1S/C24H28N2O3/c1-4-12-29-23-11-10-18(14-24(27)28)13-20(23)21-15-22(19-8-6-5-7-9-19)26(25-21)16-17(2)3/h5-11,13,15,17H,4,12,14,16H2,1-3H3,(H,27,28). The minimum absolute atomic E-state index is 0.0285. The molecule has 0 fully saturated rings. The summed E-state index contributed by atoms with van der Waals surface area (Å²) < 4.78 is 7.97. The zero-order valence-corrected chi connectivity index (χ0v) is 17.3. The highest BCUT2D eigenvalue weighted by atomic mass is 16.5. The minimum Gasteiger partial charge on any atom is -0.493 e. The van der Waals surface area contributed by atoms with Crippen molar-refractivity contribution in [2.24, 2.45) is 5.92 Å². The molecule has 1 aromatic heterocycles. The molecule has 0 saturated carbocycles. The summed E-state index contributed by atoms with van der Waals surface area (Å²) in [6.07, 6.45) is 0.868. The Kier molecular flexibility index (Phi) is 6.70. The van der Waals surface area contributed by atoms with Crippen molar-refractivity contribution in [3.05, 3.63) is 60.2 Å². The van der Waals surface area contributed by atoms with Gasteiger partial charge in [-0.05, 0) is 41.7 Å². The number of nitrogens with zero attached hydrogens (tertiary/aromatic N) is 2. The van der Waals surface area contributed by atoms with Crippen molar-refractivity contribution in [3.63, 3.8) is 0 Å². The van der Waals surface area contributed by atoms with Crippen LogP contribution in [0.2, 0.25) is 0 Å². The maximum Gasteiger partial charge on any atom is 0.307 e. The van der Waals surface area contributed by atoms with E-state index in [0.29, 0.717) is 12.5 Å².